The van der Waals surface area contributed by atoms with Crippen molar-refractivity contribution in [3.63, 3.8) is 0 Å². The SMILES string of the molecule is Cc1ccc(NC(=O)CCN2C(=S)N[C@@H](c3ccccn3)[C@@H]2c2cc(C)n(-c3cccc(C(=O)O)c3)c2C)cc1. The van der Waals surface area contributed by atoms with Gasteiger partial charge in [-0.25, -0.2) is 4.79 Å². The number of aromatic carboxylic acids is 1. The van der Waals surface area contributed by atoms with Crippen molar-refractivity contribution in [3.05, 3.63) is 113 Å². The first-order chi connectivity index (χ1) is 19.2. The zero-order valence-corrected chi connectivity index (χ0v) is 23.4. The molecule has 1 amide bonds. The molecule has 0 radical (unpaired) electrons. The molecule has 0 spiro atoms. The smallest absolute Gasteiger partial charge is 0.335 e. The summed E-state index contributed by atoms with van der Waals surface area (Å²) in [6.45, 7) is 6.44. The predicted molar refractivity (Wildman–Crippen MR) is 159 cm³/mol. The first-order valence-electron chi connectivity index (χ1n) is 13.1. The lowest BCUT2D eigenvalue weighted by Crippen LogP contribution is -2.32. The molecule has 5 rings (SSSR count). The highest BCUT2D eigenvalue weighted by Gasteiger charge is 2.41. The summed E-state index contributed by atoms with van der Waals surface area (Å²) in [5, 5.41) is 16.5. The normalized spacial score (nSPS) is 16.6. The van der Waals surface area contributed by atoms with E-state index >= 15 is 0 Å². The molecule has 0 aliphatic carbocycles. The number of anilines is 1. The summed E-state index contributed by atoms with van der Waals surface area (Å²) >= 11 is 5.80. The standard InChI is InChI=1S/C31H31N5O3S/c1-19-10-12-23(13-11-19)33-27(37)14-16-35-29(28(34-31(35)40)26-9-4-5-15-32-26)25-17-20(2)36(21(25)3)24-8-6-7-22(18-24)30(38)39/h4-13,15,17-18,28-29H,14,16H2,1-3H3,(H,33,37)(H,34,40)(H,38,39)/t28-,29-/m0/s1. The first-order valence-corrected chi connectivity index (χ1v) is 13.5. The number of hydrogen-bond acceptors (Lipinski definition) is 4. The molecular weight excluding hydrogens is 522 g/mol. The van der Waals surface area contributed by atoms with Gasteiger partial charge in [-0.15, -0.1) is 0 Å². The summed E-state index contributed by atoms with van der Waals surface area (Å²) in [6.07, 6.45) is 2.01. The van der Waals surface area contributed by atoms with Crippen LogP contribution in [0.1, 0.15) is 57.1 Å². The molecule has 1 aliphatic heterocycles. The summed E-state index contributed by atoms with van der Waals surface area (Å²) in [6, 6.07) is 22.1. The molecule has 3 heterocycles. The third-order valence-corrected chi connectivity index (χ3v) is 7.61. The molecule has 8 nitrogen and oxygen atoms in total. The Bertz CT molecular complexity index is 1570. The highest BCUT2D eigenvalue weighted by atomic mass is 32.1. The molecule has 3 N–H and O–H groups in total. The number of rotatable bonds is 8. The van der Waals surface area contributed by atoms with Gasteiger partial charge in [-0.05, 0) is 87.1 Å². The van der Waals surface area contributed by atoms with Crippen molar-refractivity contribution in [2.75, 3.05) is 11.9 Å². The Hall–Kier alpha value is -4.50. The zero-order chi connectivity index (χ0) is 28.4. The minimum atomic E-state index is -0.972. The number of benzene rings is 2. The summed E-state index contributed by atoms with van der Waals surface area (Å²) < 4.78 is 2.06. The van der Waals surface area contributed by atoms with Gasteiger partial charge in [-0.2, -0.15) is 0 Å². The van der Waals surface area contributed by atoms with E-state index in [9.17, 15) is 14.7 Å². The van der Waals surface area contributed by atoms with E-state index in [1.54, 1.807) is 24.4 Å². The fourth-order valence-corrected chi connectivity index (χ4v) is 5.66. The van der Waals surface area contributed by atoms with Gasteiger partial charge in [0.1, 0.15) is 0 Å². The fourth-order valence-electron chi connectivity index (χ4n) is 5.33. The topological polar surface area (TPSA) is 99.5 Å². The van der Waals surface area contributed by atoms with Gasteiger partial charge in [0.05, 0.1) is 23.3 Å². The number of pyridine rings is 1. The van der Waals surface area contributed by atoms with Gasteiger partial charge in [-0.1, -0.05) is 29.8 Å². The molecule has 1 fully saturated rings. The summed E-state index contributed by atoms with van der Waals surface area (Å²) in [7, 11) is 0. The molecule has 2 atom stereocenters. The van der Waals surface area contributed by atoms with Crippen molar-refractivity contribution >= 4 is 34.9 Å². The average molecular weight is 554 g/mol. The van der Waals surface area contributed by atoms with Gasteiger partial charge in [-0.3, -0.25) is 9.78 Å². The highest BCUT2D eigenvalue weighted by Crippen LogP contribution is 2.41. The van der Waals surface area contributed by atoms with E-state index in [0.717, 1.165) is 39.6 Å². The van der Waals surface area contributed by atoms with Crippen LogP contribution in [-0.2, 0) is 4.79 Å². The minimum Gasteiger partial charge on any atom is -0.478 e. The van der Waals surface area contributed by atoms with Gasteiger partial charge < -0.3 is 25.2 Å². The number of aryl methyl sites for hydroxylation is 2. The maximum absolute atomic E-state index is 12.9. The van der Waals surface area contributed by atoms with E-state index in [4.69, 9.17) is 12.2 Å². The number of nitrogens with one attached hydrogen (secondary N) is 2. The largest absolute Gasteiger partial charge is 0.478 e. The van der Waals surface area contributed by atoms with E-state index in [1.165, 1.54) is 0 Å². The Morgan fingerprint density at radius 3 is 2.50 bits per heavy atom. The number of carbonyl (C=O) groups excluding carboxylic acids is 1. The van der Waals surface area contributed by atoms with Crippen LogP contribution >= 0.6 is 12.2 Å². The van der Waals surface area contributed by atoms with Crippen LogP contribution in [0.5, 0.6) is 0 Å². The van der Waals surface area contributed by atoms with E-state index in [0.29, 0.717) is 11.7 Å². The Balaban J connectivity index is 1.48. The van der Waals surface area contributed by atoms with Crippen LogP contribution < -0.4 is 10.6 Å². The van der Waals surface area contributed by atoms with E-state index in [-0.39, 0.29) is 30.0 Å². The van der Waals surface area contributed by atoms with Crippen molar-refractivity contribution in [1.29, 1.82) is 0 Å². The van der Waals surface area contributed by atoms with Gasteiger partial charge >= 0.3 is 5.97 Å². The highest BCUT2D eigenvalue weighted by molar-refractivity contribution is 7.80. The second-order valence-corrected chi connectivity index (χ2v) is 10.4. The van der Waals surface area contributed by atoms with Crippen LogP contribution in [0.4, 0.5) is 5.69 Å². The minimum absolute atomic E-state index is 0.0948. The number of carbonyl (C=O) groups is 2. The third-order valence-electron chi connectivity index (χ3n) is 7.25. The van der Waals surface area contributed by atoms with Crippen LogP contribution in [-0.4, -0.2) is 43.1 Å². The van der Waals surface area contributed by atoms with Crippen LogP contribution in [0.25, 0.3) is 5.69 Å². The Morgan fingerprint density at radius 2 is 1.80 bits per heavy atom. The predicted octanol–water partition coefficient (Wildman–Crippen LogP) is 5.50. The maximum Gasteiger partial charge on any atom is 0.335 e. The molecule has 0 unspecified atom stereocenters. The second kappa shape index (κ2) is 11.3. The lowest BCUT2D eigenvalue weighted by Gasteiger charge is -2.28. The average Bonchev–Trinajstić information content (AvgIpc) is 3.43. The lowest BCUT2D eigenvalue weighted by atomic mass is 9.96. The molecule has 2 aromatic carbocycles. The fraction of sp³-hybridized carbons (Fsp3) is 0.226. The van der Waals surface area contributed by atoms with Gasteiger partial charge in [0.2, 0.25) is 5.91 Å². The summed E-state index contributed by atoms with van der Waals surface area (Å²) in [5.74, 6) is -1.07. The molecule has 1 aliphatic rings. The lowest BCUT2D eigenvalue weighted by molar-refractivity contribution is -0.116. The third kappa shape index (κ3) is 5.46. The number of hydrogen-bond donors (Lipinski definition) is 3. The first kappa shape index (κ1) is 27.1. The Kier molecular flexibility index (Phi) is 7.66. The number of nitrogens with zero attached hydrogens (tertiary/aromatic N) is 3. The molecule has 40 heavy (non-hydrogen) atoms. The summed E-state index contributed by atoms with van der Waals surface area (Å²) in [5.41, 5.74) is 6.68. The van der Waals surface area contributed by atoms with Crippen molar-refractivity contribution < 1.29 is 14.7 Å². The second-order valence-electron chi connectivity index (χ2n) is 10.0. The van der Waals surface area contributed by atoms with Crippen molar-refractivity contribution in [3.8, 4) is 5.69 Å². The molecule has 4 aromatic rings. The Morgan fingerprint density at radius 1 is 1.02 bits per heavy atom. The maximum atomic E-state index is 12.9. The Labute approximate surface area is 238 Å². The van der Waals surface area contributed by atoms with Crippen molar-refractivity contribution in [2.45, 2.75) is 39.3 Å². The molecule has 2 aromatic heterocycles. The number of carboxylic acid groups (broad SMARTS) is 1. The van der Waals surface area contributed by atoms with Crippen LogP contribution in [0.2, 0.25) is 0 Å². The van der Waals surface area contributed by atoms with Gasteiger partial charge in [0, 0.05) is 41.9 Å². The van der Waals surface area contributed by atoms with Gasteiger partial charge in [0.15, 0.2) is 5.11 Å². The van der Waals surface area contributed by atoms with Crippen LogP contribution in [0, 0.1) is 20.8 Å². The zero-order valence-electron chi connectivity index (χ0n) is 22.6. The van der Waals surface area contributed by atoms with Crippen LogP contribution in [0.3, 0.4) is 0 Å². The molecule has 1 saturated heterocycles. The summed E-state index contributed by atoms with van der Waals surface area (Å²) in [4.78, 5) is 31.2. The van der Waals surface area contributed by atoms with E-state index in [2.05, 4.69) is 31.2 Å². The number of amides is 1. The molecular formula is C31H31N5O3S. The van der Waals surface area contributed by atoms with Crippen molar-refractivity contribution in [2.24, 2.45) is 0 Å². The number of thiocarbonyl (C=S) groups is 1. The quantitative estimate of drug-likeness (QED) is 0.248. The van der Waals surface area contributed by atoms with Crippen molar-refractivity contribution in [1.82, 2.24) is 19.8 Å². The van der Waals surface area contributed by atoms with Gasteiger partial charge in [0.25, 0.3) is 0 Å². The molecule has 0 saturated carbocycles. The molecule has 9 heteroatoms. The number of carboxylic acids is 1. The van der Waals surface area contributed by atoms with Crippen LogP contribution in [0.15, 0.2) is 79.0 Å². The molecule has 204 valence electrons. The van der Waals surface area contributed by atoms with E-state index < -0.39 is 5.97 Å². The molecule has 0 bridgehead atoms. The monoisotopic (exact) mass is 553 g/mol. The number of aromatic nitrogens is 2. The van der Waals surface area contributed by atoms with E-state index in [1.807, 2.05) is 69.3 Å².